The molecule has 12 nitrogen and oxygen atoms in total. The molecule has 0 bridgehead atoms. The molecule has 0 spiro atoms. The number of aliphatic hydroxyl groups is 1. The van der Waals surface area contributed by atoms with E-state index in [-0.39, 0.29) is 30.0 Å². The lowest BCUT2D eigenvalue weighted by Gasteiger charge is -2.16. The zero-order valence-corrected chi connectivity index (χ0v) is 17.9. The number of unbranched alkanes of at least 4 members (excludes halogenated alkanes) is 2. The van der Waals surface area contributed by atoms with Crippen LogP contribution in [0, 0.1) is 10.1 Å². The Labute approximate surface area is 182 Å². The molecule has 3 N–H and O–H groups in total. The molecule has 172 valence electrons. The molecule has 0 saturated heterocycles. The summed E-state index contributed by atoms with van der Waals surface area (Å²) < 4.78 is 8.29. The zero-order valence-electron chi connectivity index (χ0n) is 17.9. The van der Waals surface area contributed by atoms with E-state index in [0.29, 0.717) is 18.2 Å². The van der Waals surface area contributed by atoms with Gasteiger partial charge in [-0.05, 0) is 18.6 Å². The fraction of sp³-hybridized carbons (Fsp3) is 0.450. The lowest BCUT2D eigenvalue weighted by Crippen LogP contribution is -2.31. The Morgan fingerprint density at radius 1 is 1.28 bits per heavy atom. The molecule has 2 aromatic heterocycles. The Morgan fingerprint density at radius 3 is 2.66 bits per heavy atom. The average Bonchev–Trinajstić information content (AvgIpc) is 3.12. The second-order valence-corrected chi connectivity index (χ2v) is 7.39. The van der Waals surface area contributed by atoms with E-state index in [9.17, 15) is 24.8 Å². The predicted octanol–water partition coefficient (Wildman–Crippen LogP) is 1.37. The van der Waals surface area contributed by atoms with Crippen molar-refractivity contribution in [1.82, 2.24) is 19.1 Å². The van der Waals surface area contributed by atoms with Crippen LogP contribution in [0.3, 0.4) is 0 Å². The highest BCUT2D eigenvalue weighted by Crippen LogP contribution is 2.19. The molecule has 3 aromatic rings. The molecule has 0 saturated carbocycles. The minimum absolute atomic E-state index is 0.0130. The summed E-state index contributed by atoms with van der Waals surface area (Å²) in [5, 5.41) is 24.5. The maximum atomic E-state index is 12.5. The van der Waals surface area contributed by atoms with Crippen molar-refractivity contribution in [2.75, 3.05) is 18.5 Å². The number of aryl methyl sites for hydroxylation is 1. The van der Waals surface area contributed by atoms with Gasteiger partial charge in [0.15, 0.2) is 11.2 Å². The molecule has 12 heteroatoms. The summed E-state index contributed by atoms with van der Waals surface area (Å²) in [5.41, 5.74) is -0.862. The third-order valence-corrected chi connectivity index (χ3v) is 4.95. The van der Waals surface area contributed by atoms with Gasteiger partial charge >= 0.3 is 5.69 Å². The van der Waals surface area contributed by atoms with Crippen LogP contribution in [0.2, 0.25) is 0 Å². The van der Waals surface area contributed by atoms with Crippen LogP contribution in [0.1, 0.15) is 26.2 Å². The normalized spacial score (nSPS) is 12.1. The molecule has 0 aliphatic heterocycles. The van der Waals surface area contributed by atoms with Gasteiger partial charge in [0.2, 0.25) is 5.95 Å². The Kier molecular flexibility index (Phi) is 7.25. The van der Waals surface area contributed by atoms with Crippen molar-refractivity contribution in [2.24, 2.45) is 7.05 Å². The van der Waals surface area contributed by atoms with Gasteiger partial charge < -0.3 is 19.7 Å². The number of non-ortho nitro benzene ring substituents is 1. The second kappa shape index (κ2) is 10.1. The van der Waals surface area contributed by atoms with Gasteiger partial charge in [-0.25, -0.2) is 4.79 Å². The van der Waals surface area contributed by atoms with Gasteiger partial charge in [0, 0.05) is 25.7 Å². The Bertz CT molecular complexity index is 1200. The number of imidazole rings is 1. The van der Waals surface area contributed by atoms with Crippen molar-refractivity contribution < 1.29 is 14.8 Å². The van der Waals surface area contributed by atoms with Gasteiger partial charge in [-0.2, -0.15) is 4.98 Å². The lowest BCUT2D eigenvalue weighted by atomic mass is 10.2. The van der Waals surface area contributed by atoms with Crippen LogP contribution in [0.4, 0.5) is 11.6 Å². The van der Waals surface area contributed by atoms with Crippen LogP contribution < -0.4 is 21.3 Å². The van der Waals surface area contributed by atoms with Gasteiger partial charge in [-0.3, -0.25) is 24.5 Å². The minimum Gasteiger partial charge on any atom is -0.491 e. The molecular weight excluding hydrogens is 420 g/mol. The van der Waals surface area contributed by atoms with Crippen molar-refractivity contribution in [1.29, 1.82) is 0 Å². The van der Waals surface area contributed by atoms with Crippen molar-refractivity contribution in [3.05, 3.63) is 55.2 Å². The van der Waals surface area contributed by atoms with Gasteiger partial charge in [-0.15, -0.1) is 0 Å². The number of aliphatic hydroxyl groups excluding tert-OH is 1. The van der Waals surface area contributed by atoms with Gasteiger partial charge in [0.05, 0.1) is 11.5 Å². The quantitative estimate of drug-likeness (QED) is 0.226. The first kappa shape index (κ1) is 23.0. The standard InChI is InChI=1S/C20H26N6O6/c1-3-4-5-10-21-19-22-17-16(18(28)23-20(29)24(17)2)25(19)11-14(27)12-32-15-8-6-13(7-9-15)26(30)31/h6-9,14,27H,3-5,10-12H2,1-2H3,(H,21,22)(H,23,28,29). The Hall–Kier alpha value is -3.67. The number of H-pyrrole nitrogens is 1. The Morgan fingerprint density at radius 2 is 2.00 bits per heavy atom. The minimum atomic E-state index is -1.02. The van der Waals surface area contributed by atoms with Gasteiger partial charge in [0.25, 0.3) is 11.2 Å². The lowest BCUT2D eigenvalue weighted by molar-refractivity contribution is -0.384. The van der Waals surface area contributed by atoms with E-state index in [2.05, 4.69) is 22.2 Å². The topological polar surface area (TPSA) is 157 Å². The summed E-state index contributed by atoms with van der Waals surface area (Å²) in [5.74, 6) is 0.737. The Balaban J connectivity index is 1.80. The number of aromatic nitrogens is 4. The second-order valence-electron chi connectivity index (χ2n) is 7.39. The molecule has 32 heavy (non-hydrogen) atoms. The van der Waals surface area contributed by atoms with Gasteiger partial charge in [-0.1, -0.05) is 19.8 Å². The number of rotatable bonds is 11. The zero-order chi connectivity index (χ0) is 23.3. The van der Waals surface area contributed by atoms with E-state index in [1.165, 1.54) is 40.4 Å². The van der Waals surface area contributed by atoms with E-state index < -0.39 is 22.3 Å². The van der Waals surface area contributed by atoms with Crippen LogP contribution in [0.25, 0.3) is 11.2 Å². The first-order chi connectivity index (χ1) is 15.3. The molecule has 1 atom stereocenters. The largest absolute Gasteiger partial charge is 0.491 e. The van der Waals surface area contributed by atoms with Crippen LogP contribution in [-0.4, -0.2) is 48.4 Å². The number of fused-ring (bicyclic) bond motifs is 1. The fourth-order valence-electron chi connectivity index (χ4n) is 3.24. The monoisotopic (exact) mass is 446 g/mol. The highest BCUT2D eigenvalue weighted by atomic mass is 16.6. The maximum Gasteiger partial charge on any atom is 0.329 e. The molecule has 0 radical (unpaired) electrons. The van der Waals surface area contributed by atoms with Crippen molar-refractivity contribution in [3.63, 3.8) is 0 Å². The number of nitro benzene ring substituents is 1. The molecule has 0 fully saturated rings. The molecule has 0 amide bonds. The van der Waals surface area contributed by atoms with E-state index in [1.807, 2.05) is 0 Å². The molecule has 3 rings (SSSR count). The van der Waals surface area contributed by atoms with Crippen LogP contribution in [0.5, 0.6) is 5.75 Å². The first-order valence-corrected chi connectivity index (χ1v) is 10.3. The number of aromatic amines is 1. The van der Waals surface area contributed by atoms with E-state index >= 15 is 0 Å². The fourth-order valence-corrected chi connectivity index (χ4v) is 3.24. The summed E-state index contributed by atoms with van der Waals surface area (Å²) in [6, 6.07) is 5.50. The number of ether oxygens (including phenoxy) is 1. The summed E-state index contributed by atoms with van der Waals surface area (Å²) in [4.78, 5) is 41.3. The van der Waals surface area contributed by atoms with Gasteiger partial charge in [0.1, 0.15) is 18.5 Å². The van der Waals surface area contributed by atoms with Crippen molar-refractivity contribution in [3.8, 4) is 5.75 Å². The average molecular weight is 446 g/mol. The predicted molar refractivity (Wildman–Crippen MR) is 118 cm³/mol. The SMILES string of the molecule is CCCCCNc1nc2c(c(=O)[nH]c(=O)n2C)n1CC(O)COc1ccc([N+](=O)[O-])cc1. The number of nitro groups is 1. The van der Waals surface area contributed by atoms with Crippen LogP contribution in [-0.2, 0) is 13.6 Å². The summed E-state index contributed by atoms with van der Waals surface area (Å²) in [6.45, 7) is 2.58. The molecule has 0 aliphatic rings. The molecule has 0 aliphatic carbocycles. The van der Waals surface area contributed by atoms with Crippen LogP contribution >= 0.6 is 0 Å². The number of nitrogens with one attached hydrogen (secondary N) is 2. The third kappa shape index (κ3) is 5.14. The van der Waals surface area contributed by atoms with Crippen LogP contribution in [0.15, 0.2) is 33.9 Å². The number of benzene rings is 1. The number of nitrogens with zero attached hydrogens (tertiary/aromatic N) is 4. The number of anilines is 1. The van der Waals surface area contributed by atoms with Crippen molar-refractivity contribution >= 4 is 22.8 Å². The van der Waals surface area contributed by atoms with E-state index in [1.54, 1.807) is 0 Å². The van der Waals surface area contributed by atoms with Crippen molar-refractivity contribution in [2.45, 2.75) is 38.8 Å². The smallest absolute Gasteiger partial charge is 0.329 e. The molecule has 1 aromatic carbocycles. The number of hydrogen-bond acceptors (Lipinski definition) is 8. The molecular formula is C20H26N6O6. The maximum absolute atomic E-state index is 12.5. The summed E-state index contributed by atoms with van der Waals surface area (Å²) >= 11 is 0. The highest BCUT2D eigenvalue weighted by molar-refractivity contribution is 5.74. The summed E-state index contributed by atoms with van der Waals surface area (Å²) in [6.07, 6.45) is 1.96. The highest BCUT2D eigenvalue weighted by Gasteiger charge is 2.20. The number of hydrogen-bond donors (Lipinski definition) is 3. The third-order valence-electron chi connectivity index (χ3n) is 4.95. The first-order valence-electron chi connectivity index (χ1n) is 10.3. The molecule has 1 unspecified atom stereocenters. The summed E-state index contributed by atoms with van der Waals surface area (Å²) in [7, 11) is 1.51. The van der Waals surface area contributed by atoms with E-state index in [0.717, 1.165) is 19.3 Å². The molecule has 2 heterocycles. The van der Waals surface area contributed by atoms with E-state index in [4.69, 9.17) is 4.74 Å².